The molecule has 3 nitrogen and oxygen atoms in total. The lowest BCUT2D eigenvalue weighted by Crippen LogP contribution is -2.39. The molecule has 0 aromatic heterocycles. The Labute approximate surface area is 87.0 Å². The minimum Gasteiger partial charge on any atom is -0.468 e. The van der Waals surface area contributed by atoms with Crippen molar-refractivity contribution in [1.29, 1.82) is 0 Å². The third kappa shape index (κ3) is 6.00. The molecule has 3 heteroatoms. The Bertz CT molecular complexity index is 166. The molecule has 0 saturated heterocycles. The number of rotatable bonds is 7. The van der Waals surface area contributed by atoms with Gasteiger partial charge in [0, 0.05) is 6.92 Å². The molecule has 0 fully saturated rings. The van der Waals surface area contributed by atoms with Gasteiger partial charge in [-0.2, -0.15) is 0 Å². The van der Waals surface area contributed by atoms with Gasteiger partial charge < -0.3 is 14.2 Å². The zero-order valence-corrected chi connectivity index (χ0v) is 9.87. The monoisotopic (exact) mass is 202 g/mol. The summed E-state index contributed by atoms with van der Waals surface area (Å²) in [7, 11) is 0. The SMILES string of the molecule is C=COC(C)(COC(C)C)OC(C)C. The minimum absolute atomic E-state index is 0.0933. The highest BCUT2D eigenvalue weighted by atomic mass is 16.7. The molecule has 0 rings (SSSR count). The maximum absolute atomic E-state index is 5.61. The van der Waals surface area contributed by atoms with Crippen molar-refractivity contribution in [3.63, 3.8) is 0 Å². The lowest BCUT2D eigenvalue weighted by molar-refractivity contribution is -0.244. The Morgan fingerprint density at radius 1 is 1.21 bits per heavy atom. The van der Waals surface area contributed by atoms with Crippen LogP contribution in [-0.4, -0.2) is 24.6 Å². The van der Waals surface area contributed by atoms with Gasteiger partial charge in [0.2, 0.25) is 5.79 Å². The van der Waals surface area contributed by atoms with Crippen LogP contribution in [0.2, 0.25) is 0 Å². The fraction of sp³-hybridized carbons (Fsp3) is 0.818. The van der Waals surface area contributed by atoms with E-state index in [1.54, 1.807) is 0 Å². The van der Waals surface area contributed by atoms with E-state index in [9.17, 15) is 0 Å². The average Bonchev–Trinajstić information content (AvgIpc) is 2.00. The second-order valence-electron chi connectivity index (χ2n) is 3.94. The first-order valence-electron chi connectivity index (χ1n) is 4.98. The molecule has 0 aromatic carbocycles. The van der Waals surface area contributed by atoms with Gasteiger partial charge in [0.05, 0.1) is 18.5 Å². The van der Waals surface area contributed by atoms with Gasteiger partial charge in [0.1, 0.15) is 6.61 Å². The van der Waals surface area contributed by atoms with Crippen LogP contribution >= 0.6 is 0 Å². The second-order valence-corrected chi connectivity index (χ2v) is 3.94. The quantitative estimate of drug-likeness (QED) is 0.469. The zero-order valence-electron chi connectivity index (χ0n) is 9.87. The van der Waals surface area contributed by atoms with Gasteiger partial charge >= 0.3 is 0 Å². The van der Waals surface area contributed by atoms with Gasteiger partial charge in [-0.15, -0.1) is 0 Å². The predicted octanol–water partition coefficient (Wildman–Crippen LogP) is 2.71. The van der Waals surface area contributed by atoms with Crippen LogP contribution in [0.1, 0.15) is 34.6 Å². The summed E-state index contributed by atoms with van der Waals surface area (Å²) in [6, 6.07) is 0. The Hall–Kier alpha value is -0.540. The molecule has 0 aromatic rings. The van der Waals surface area contributed by atoms with E-state index >= 15 is 0 Å². The van der Waals surface area contributed by atoms with Gasteiger partial charge in [0.15, 0.2) is 0 Å². The van der Waals surface area contributed by atoms with Crippen molar-refractivity contribution in [2.45, 2.75) is 52.6 Å². The molecule has 1 atom stereocenters. The van der Waals surface area contributed by atoms with Crippen molar-refractivity contribution in [2.24, 2.45) is 0 Å². The van der Waals surface area contributed by atoms with E-state index < -0.39 is 5.79 Å². The van der Waals surface area contributed by atoms with Crippen LogP contribution in [0.5, 0.6) is 0 Å². The number of ether oxygens (including phenoxy) is 3. The fourth-order valence-electron chi connectivity index (χ4n) is 1.09. The molecule has 84 valence electrons. The van der Waals surface area contributed by atoms with Crippen molar-refractivity contribution in [3.8, 4) is 0 Å². The standard InChI is InChI=1S/C11H22O3/c1-7-13-11(6,14-10(4)5)8-12-9(2)3/h7,9-10H,1,8H2,2-6H3. The molecule has 0 saturated carbocycles. The van der Waals surface area contributed by atoms with Crippen LogP contribution in [0.25, 0.3) is 0 Å². The predicted molar refractivity (Wildman–Crippen MR) is 57.0 cm³/mol. The van der Waals surface area contributed by atoms with Crippen LogP contribution in [0, 0.1) is 0 Å². The molecule has 1 unspecified atom stereocenters. The highest BCUT2D eigenvalue weighted by molar-refractivity contribution is 4.68. The van der Waals surface area contributed by atoms with Gasteiger partial charge in [-0.05, 0) is 27.7 Å². The maximum atomic E-state index is 5.61. The number of hydrogen-bond acceptors (Lipinski definition) is 3. The largest absolute Gasteiger partial charge is 0.468 e. The van der Waals surface area contributed by atoms with Crippen LogP contribution in [0.3, 0.4) is 0 Å². The van der Waals surface area contributed by atoms with E-state index in [-0.39, 0.29) is 12.2 Å². The van der Waals surface area contributed by atoms with E-state index in [0.29, 0.717) is 6.61 Å². The molecule has 0 heterocycles. The summed E-state index contributed by atoms with van der Waals surface area (Å²) in [6.45, 7) is 13.6. The van der Waals surface area contributed by atoms with E-state index in [1.807, 2.05) is 34.6 Å². The summed E-state index contributed by atoms with van der Waals surface area (Å²) in [5, 5.41) is 0. The first-order chi connectivity index (χ1) is 6.39. The molecule has 0 spiro atoms. The van der Waals surface area contributed by atoms with Crippen LogP contribution in [-0.2, 0) is 14.2 Å². The third-order valence-corrected chi connectivity index (χ3v) is 1.50. The third-order valence-electron chi connectivity index (χ3n) is 1.50. The van der Waals surface area contributed by atoms with Gasteiger partial charge in [-0.25, -0.2) is 0 Å². The van der Waals surface area contributed by atoms with Crippen molar-refractivity contribution in [3.05, 3.63) is 12.8 Å². The lowest BCUT2D eigenvalue weighted by atomic mass is 10.3. The molecule has 14 heavy (non-hydrogen) atoms. The van der Waals surface area contributed by atoms with Crippen molar-refractivity contribution in [2.75, 3.05) is 6.61 Å². The molecular formula is C11H22O3. The maximum Gasteiger partial charge on any atom is 0.230 e. The summed E-state index contributed by atoms with van der Waals surface area (Å²) in [4.78, 5) is 0. The summed E-state index contributed by atoms with van der Waals surface area (Å²) in [5.41, 5.74) is 0. The van der Waals surface area contributed by atoms with Gasteiger partial charge in [-0.3, -0.25) is 0 Å². The summed E-state index contributed by atoms with van der Waals surface area (Å²) in [5.74, 6) is -0.736. The van der Waals surface area contributed by atoms with Crippen LogP contribution < -0.4 is 0 Å². The Kier molecular flexibility index (Phi) is 5.81. The smallest absolute Gasteiger partial charge is 0.230 e. The molecule has 0 radical (unpaired) electrons. The molecule has 0 aliphatic rings. The topological polar surface area (TPSA) is 27.7 Å². The van der Waals surface area contributed by atoms with Crippen molar-refractivity contribution >= 4 is 0 Å². The first-order valence-corrected chi connectivity index (χ1v) is 4.98. The molecule has 0 aliphatic carbocycles. The van der Waals surface area contributed by atoms with Crippen molar-refractivity contribution < 1.29 is 14.2 Å². The highest BCUT2D eigenvalue weighted by Gasteiger charge is 2.28. The van der Waals surface area contributed by atoms with Crippen molar-refractivity contribution in [1.82, 2.24) is 0 Å². The lowest BCUT2D eigenvalue weighted by Gasteiger charge is -2.31. The Balaban J connectivity index is 4.15. The first kappa shape index (κ1) is 13.5. The summed E-state index contributed by atoms with van der Waals surface area (Å²) < 4.78 is 16.4. The molecule has 0 N–H and O–H groups in total. The van der Waals surface area contributed by atoms with Gasteiger partial charge in [0.25, 0.3) is 0 Å². The molecule has 0 aliphatic heterocycles. The van der Waals surface area contributed by atoms with E-state index in [2.05, 4.69) is 6.58 Å². The zero-order chi connectivity index (χ0) is 11.2. The molecule has 0 amide bonds. The summed E-state index contributed by atoms with van der Waals surface area (Å²) in [6.07, 6.45) is 1.64. The number of hydrogen-bond donors (Lipinski definition) is 0. The van der Waals surface area contributed by atoms with E-state index in [4.69, 9.17) is 14.2 Å². The molecular weight excluding hydrogens is 180 g/mol. The minimum atomic E-state index is -0.736. The highest BCUT2D eigenvalue weighted by Crippen LogP contribution is 2.16. The van der Waals surface area contributed by atoms with Gasteiger partial charge in [-0.1, -0.05) is 6.58 Å². The second kappa shape index (κ2) is 6.04. The Morgan fingerprint density at radius 2 is 1.79 bits per heavy atom. The summed E-state index contributed by atoms with van der Waals surface area (Å²) >= 11 is 0. The molecule has 0 bridgehead atoms. The fourth-order valence-corrected chi connectivity index (χ4v) is 1.09. The van der Waals surface area contributed by atoms with Crippen LogP contribution in [0.15, 0.2) is 12.8 Å². The average molecular weight is 202 g/mol. The van der Waals surface area contributed by atoms with Crippen LogP contribution in [0.4, 0.5) is 0 Å². The van der Waals surface area contributed by atoms with E-state index in [1.165, 1.54) is 6.26 Å². The normalized spacial score (nSPS) is 15.6. The Morgan fingerprint density at radius 3 is 2.14 bits per heavy atom. The van der Waals surface area contributed by atoms with E-state index in [0.717, 1.165) is 0 Å².